The van der Waals surface area contributed by atoms with E-state index in [4.69, 9.17) is 26.3 Å². The predicted molar refractivity (Wildman–Crippen MR) is 78.3 cm³/mol. The number of ether oxygens (including phenoxy) is 2. The second kappa shape index (κ2) is 7.50. The highest BCUT2D eigenvalue weighted by molar-refractivity contribution is 6.32. The summed E-state index contributed by atoms with van der Waals surface area (Å²) in [6.45, 7) is 0.341. The van der Waals surface area contributed by atoms with Crippen molar-refractivity contribution in [2.75, 3.05) is 6.61 Å². The molecule has 0 saturated carbocycles. The molecule has 0 fully saturated rings. The molecule has 0 atom stereocenters. The van der Waals surface area contributed by atoms with Gasteiger partial charge in [0.1, 0.15) is 23.1 Å². The van der Waals surface area contributed by atoms with Crippen molar-refractivity contribution < 1.29 is 19.1 Å². The Balaban J connectivity index is 2.01. The van der Waals surface area contributed by atoms with Crippen molar-refractivity contribution in [2.45, 2.75) is 6.42 Å². The molecule has 0 radical (unpaired) electrons. The summed E-state index contributed by atoms with van der Waals surface area (Å²) in [7, 11) is 0. The fraction of sp³-hybridized carbons (Fsp3) is 0.133. The number of nitrogens with zero attached hydrogens (tertiary/aromatic N) is 1. The minimum atomic E-state index is -0.371. The molecule has 110 valence electrons. The van der Waals surface area contributed by atoms with Crippen LogP contribution in [-0.4, -0.2) is 18.0 Å². The number of hydrogen-bond acceptors (Lipinski definition) is 4. The van der Waals surface area contributed by atoms with Gasteiger partial charge in [-0.2, -0.15) is 0 Å². The van der Waals surface area contributed by atoms with Crippen LogP contribution in [-0.2, 0) is 0 Å². The highest BCUT2D eigenvalue weighted by Gasteiger charge is 2.05. The lowest BCUT2D eigenvalue weighted by Gasteiger charge is -2.10. The molecule has 6 heteroatoms. The standard InChI is InChI=1S/C15H13ClFNO3/c16-14-10-13(21-12-4-1-3-11(17)9-12)5-6-15(14)20-8-2-7-18-19/h1,3-7,9-10,19H,2,8H2. The fourth-order valence-electron chi connectivity index (χ4n) is 1.61. The summed E-state index contributed by atoms with van der Waals surface area (Å²) in [6.07, 6.45) is 1.80. The number of halogens is 2. The van der Waals surface area contributed by atoms with Crippen molar-refractivity contribution in [3.8, 4) is 17.2 Å². The van der Waals surface area contributed by atoms with Crippen molar-refractivity contribution in [2.24, 2.45) is 5.16 Å². The molecule has 2 aromatic rings. The van der Waals surface area contributed by atoms with Crippen LogP contribution in [0.15, 0.2) is 47.6 Å². The second-order valence-corrected chi connectivity index (χ2v) is 4.49. The first-order chi connectivity index (χ1) is 10.2. The molecule has 4 nitrogen and oxygen atoms in total. The summed E-state index contributed by atoms with van der Waals surface area (Å²) in [5.41, 5.74) is 0. The van der Waals surface area contributed by atoms with Crippen LogP contribution in [0, 0.1) is 5.82 Å². The summed E-state index contributed by atoms with van der Waals surface area (Å²) in [5.74, 6) is 0.993. The van der Waals surface area contributed by atoms with E-state index in [9.17, 15) is 4.39 Å². The lowest BCUT2D eigenvalue weighted by atomic mass is 10.3. The molecule has 0 aliphatic heterocycles. The topological polar surface area (TPSA) is 51.1 Å². The van der Waals surface area contributed by atoms with E-state index in [0.29, 0.717) is 35.3 Å². The van der Waals surface area contributed by atoms with Crippen LogP contribution >= 0.6 is 11.6 Å². The zero-order valence-electron chi connectivity index (χ0n) is 11.0. The van der Waals surface area contributed by atoms with Crippen LogP contribution in [0.4, 0.5) is 4.39 Å². The van der Waals surface area contributed by atoms with Gasteiger partial charge in [0.2, 0.25) is 0 Å². The first kappa shape index (κ1) is 15.1. The van der Waals surface area contributed by atoms with E-state index >= 15 is 0 Å². The van der Waals surface area contributed by atoms with Crippen LogP contribution in [0.1, 0.15) is 6.42 Å². The highest BCUT2D eigenvalue weighted by Crippen LogP contribution is 2.31. The van der Waals surface area contributed by atoms with E-state index < -0.39 is 0 Å². The van der Waals surface area contributed by atoms with Gasteiger partial charge in [-0.3, -0.25) is 0 Å². The molecule has 0 heterocycles. The molecule has 0 spiro atoms. The molecule has 0 unspecified atom stereocenters. The van der Waals surface area contributed by atoms with Gasteiger partial charge in [0.25, 0.3) is 0 Å². The predicted octanol–water partition coefficient (Wildman–Crippen LogP) is 4.50. The largest absolute Gasteiger partial charge is 0.492 e. The third-order valence-electron chi connectivity index (χ3n) is 2.52. The lowest BCUT2D eigenvalue weighted by Crippen LogP contribution is -1.98. The fourth-order valence-corrected chi connectivity index (χ4v) is 1.83. The molecule has 21 heavy (non-hydrogen) atoms. The van der Waals surface area contributed by atoms with Gasteiger partial charge >= 0.3 is 0 Å². The molecular weight excluding hydrogens is 297 g/mol. The first-order valence-corrected chi connectivity index (χ1v) is 6.58. The van der Waals surface area contributed by atoms with E-state index in [-0.39, 0.29) is 5.82 Å². The maximum absolute atomic E-state index is 13.1. The first-order valence-electron chi connectivity index (χ1n) is 6.20. The van der Waals surface area contributed by atoms with Crippen molar-refractivity contribution in [1.82, 2.24) is 0 Å². The van der Waals surface area contributed by atoms with Crippen LogP contribution in [0.2, 0.25) is 5.02 Å². The van der Waals surface area contributed by atoms with Gasteiger partial charge in [-0.05, 0) is 24.3 Å². The molecule has 0 aliphatic carbocycles. The summed E-state index contributed by atoms with van der Waals surface area (Å²) >= 11 is 6.08. The summed E-state index contributed by atoms with van der Waals surface area (Å²) in [6, 6.07) is 10.8. The van der Waals surface area contributed by atoms with E-state index in [1.807, 2.05) is 0 Å². The Morgan fingerprint density at radius 2 is 2.00 bits per heavy atom. The lowest BCUT2D eigenvalue weighted by molar-refractivity contribution is 0.310. The van der Waals surface area contributed by atoms with E-state index in [2.05, 4.69) is 5.16 Å². The van der Waals surface area contributed by atoms with Gasteiger partial charge < -0.3 is 14.7 Å². The Morgan fingerprint density at radius 3 is 2.71 bits per heavy atom. The quantitative estimate of drug-likeness (QED) is 0.370. The SMILES string of the molecule is ON=CCCOc1ccc(Oc2cccc(F)c2)cc1Cl. The second-order valence-electron chi connectivity index (χ2n) is 4.09. The zero-order chi connectivity index (χ0) is 15.1. The molecular formula is C15H13ClFNO3. The van der Waals surface area contributed by atoms with Gasteiger partial charge in [-0.15, -0.1) is 5.16 Å². The van der Waals surface area contributed by atoms with Crippen molar-refractivity contribution >= 4 is 17.8 Å². The minimum Gasteiger partial charge on any atom is -0.492 e. The van der Waals surface area contributed by atoms with Crippen LogP contribution in [0.3, 0.4) is 0 Å². The number of rotatable bonds is 6. The third-order valence-corrected chi connectivity index (χ3v) is 2.82. The number of hydrogen-bond donors (Lipinski definition) is 1. The average molecular weight is 310 g/mol. The van der Waals surface area contributed by atoms with Crippen molar-refractivity contribution in [3.05, 3.63) is 53.3 Å². The zero-order valence-corrected chi connectivity index (χ0v) is 11.8. The maximum atomic E-state index is 13.1. The van der Waals surface area contributed by atoms with E-state index in [1.54, 1.807) is 30.3 Å². The van der Waals surface area contributed by atoms with Gasteiger partial charge in [0.05, 0.1) is 11.6 Å². The summed E-state index contributed by atoms with van der Waals surface area (Å²) < 4.78 is 24.0. The molecule has 0 aromatic heterocycles. The number of oxime groups is 1. The van der Waals surface area contributed by atoms with E-state index in [1.165, 1.54) is 18.3 Å². The Bertz CT molecular complexity index is 634. The molecule has 0 amide bonds. The van der Waals surface area contributed by atoms with Crippen LogP contribution < -0.4 is 9.47 Å². The monoisotopic (exact) mass is 309 g/mol. The Labute approximate surface area is 126 Å². The normalized spacial score (nSPS) is 10.8. The molecule has 2 rings (SSSR count). The van der Waals surface area contributed by atoms with Crippen molar-refractivity contribution in [1.29, 1.82) is 0 Å². The van der Waals surface area contributed by atoms with E-state index in [0.717, 1.165) is 0 Å². The van der Waals surface area contributed by atoms with Gasteiger partial charge in [-0.25, -0.2) is 4.39 Å². The van der Waals surface area contributed by atoms with Crippen LogP contribution in [0.5, 0.6) is 17.2 Å². The highest BCUT2D eigenvalue weighted by atomic mass is 35.5. The Morgan fingerprint density at radius 1 is 1.19 bits per heavy atom. The van der Waals surface area contributed by atoms with Gasteiger partial charge in [-0.1, -0.05) is 17.7 Å². The third kappa shape index (κ3) is 4.65. The summed E-state index contributed by atoms with van der Waals surface area (Å²) in [5, 5.41) is 11.5. The Kier molecular flexibility index (Phi) is 5.40. The molecule has 1 N–H and O–H groups in total. The average Bonchev–Trinajstić information content (AvgIpc) is 2.45. The van der Waals surface area contributed by atoms with Crippen LogP contribution in [0.25, 0.3) is 0 Å². The van der Waals surface area contributed by atoms with Gasteiger partial charge in [0.15, 0.2) is 0 Å². The molecule has 0 aliphatic rings. The minimum absolute atomic E-state index is 0.341. The molecule has 0 saturated heterocycles. The molecule has 0 bridgehead atoms. The smallest absolute Gasteiger partial charge is 0.138 e. The molecule has 2 aromatic carbocycles. The summed E-state index contributed by atoms with van der Waals surface area (Å²) in [4.78, 5) is 0. The van der Waals surface area contributed by atoms with Gasteiger partial charge in [0, 0.05) is 24.8 Å². The maximum Gasteiger partial charge on any atom is 0.138 e. The number of benzene rings is 2. The Hall–Kier alpha value is -2.27. The van der Waals surface area contributed by atoms with Crippen molar-refractivity contribution in [3.63, 3.8) is 0 Å².